The van der Waals surface area contributed by atoms with Gasteiger partial charge in [0.1, 0.15) is 0 Å². The van der Waals surface area contributed by atoms with Crippen molar-refractivity contribution in [1.82, 2.24) is 15.1 Å². The van der Waals surface area contributed by atoms with E-state index in [9.17, 15) is 4.39 Å². The third kappa shape index (κ3) is 1.54. The van der Waals surface area contributed by atoms with Crippen molar-refractivity contribution in [2.45, 2.75) is 32.0 Å². The van der Waals surface area contributed by atoms with Crippen LogP contribution in [0.3, 0.4) is 0 Å². The van der Waals surface area contributed by atoms with Crippen molar-refractivity contribution < 1.29 is 4.39 Å². The molecule has 1 atom stereocenters. The number of alkyl halides is 1. The van der Waals surface area contributed by atoms with Crippen molar-refractivity contribution in [2.24, 2.45) is 0 Å². The topological polar surface area (TPSA) is 29.9 Å². The number of aromatic nitrogens is 2. The normalized spacial score (nSPS) is 27.0. The molecule has 3 nitrogen and oxygen atoms in total. The monoisotopic (exact) mass is 197 g/mol. The van der Waals surface area contributed by atoms with Gasteiger partial charge in [-0.2, -0.15) is 5.10 Å². The molecule has 0 radical (unpaired) electrons. The first-order valence-electron chi connectivity index (χ1n) is 5.18. The van der Waals surface area contributed by atoms with Crippen LogP contribution in [0.25, 0.3) is 0 Å². The number of aryl methyl sites for hydroxylation is 1. The highest BCUT2D eigenvalue weighted by atomic mass is 19.1. The highest BCUT2D eigenvalue weighted by Gasteiger charge is 2.38. The van der Waals surface area contributed by atoms with Gasteiger partial charge in [-0.05, 0) is 19.0 Å². The van der Waals surface area contributed by atoms with Crippen LogP contribution < -0.4 is 5.32 Å². The molecule has 78 valence electrons. The highest BCUT2D eigenvalue weighted by molar-refractivity contribution is 5.15. The van der Waals surface area contributed by atoms with Crippen LogP contribution in [0, 0.1) is 0 Å². The first-order chi connectivity index (χ1) is 6.76. The summed E-state index contributed by atoms with van der Waals surface area (Å²) in [5.41, 5.74) is -0.476. The Morgan fingerprint density at radius 2 is 2.57 bits per heavy atom. The van der Waals surface area contributed by atoms with Gasteiger partial charge in [0, 0.05) is 25.7 Å². The van der Waals surface area contributed by atoms with Crippen LogP contribution in [-0.2, 0) is 12.2 Å². The van der Waals surface area contributed by atoms with E-state index in [1.54, 1.807) is 16.9 Å². The van der Waals surface area contributed by atoms with Gasteiger partial charge in [0.05, 0.1) is 5.69 Å². The molecule has 1 saturated heterocycles. The number of hydrogen-bond donors (Lipinski definition) is 1. The Labute approximate surface area is 83.3 Å². The summed E-state index contributed by atoms with van der Waals surface area (Å²) >= 11 is 0. The van der Waals surface area contributed by atoms with Crippen molar-refractivity contribution in [3.63, 3.8) is 0 Å². The molecule has 0 spiro atoms. The highest BCUT2D eigenvalue weighted by Crippen LogP contribution is 2.31. The summed E-state index contributed by atoms with van der Waals surface area (Å²) < 4.78 is 16.1. The van der Waals surface area contributed by atoms with E-state index >= 15 is 0 Å². The van der Waals surface area contributed by atoms with Crippen LogP contribution in [-0.4, -0.2) is 22.9 Å². The minimum atomic E-state index is -1.20. The molecule has 0 bridgehead atoms. The summed E-state index contributed by atoms with van der Waals surface area (Å²) in [5, 5.41) is 7.20. The lowest BCUT2D eigenvalue weighted by molar-refractivity contribution is 0.177. The van der Waals surface area contributed by atoms with Crippen molar-refractivity contribution in [3.8, 4) is 0 Å². The van der Waals surface area contributed by atoms with Gasteiger partial charge in [-0.1, -0.05) is 6.92 Å². The molecule has 1 N–H and O–H groups in total. The number of halogens is 1. The Morgan fingerprint density at radius 3 is 3.21 bits per heavy atom. The Bertz CT molecular complexity index is 302. The molecule has 2 heterocycles. The van der Waals surface area contributed by atoms with Gasteiger partial charge in [0.25, 0.3) is 0 Å². The smallest absolute Gasteiger partial charge is 0.165 e. The van der Waals surface area contributed by atoms with Crippen LogP contribution in [0.1, 0.15) is 25.5 Å². The fourth-order valence-corrected chi connectivity index (χ4v) is 1.98. The molecule has 1 aliphatic heterocycles. The van der Waals surface area contributed by atoms with Crippen molar-refractivity contribution >= 4 is 0 Å². The Morgan fingerprint density at radius 1 is 1.71 bits per heavy atom. The maximum Gasteiger partial charge on any atom is 0.165 e. The molecular weight excluding hydrogens is 181 g/mol. The molecule has 0 aliphatic carbocycles. The maximum atomic E-state index is 14.3. The fraction of sp³-hybridized carbons (Fsp3) is 0.700. The molecular formula is C10H16FN3. The van der Waals surface area contributed by atoms with Crippen LogP contribution in [0.5, 0.6) is 0 Å². The van der Waals surface area contributed by atoms with E-state index in [0.29, 0.717) is 13.0 Å². The van der Waals surface area contributed by atoms with E-state index in [1.807, 2.05) is 0 Å². The first kappa shape index (κ1) is 9.65. The Kier molecular flexibility index (Phi) is 2.54. The fourth-order valence-electron chi connectivity index (χ4n) is 1.98. The second kappa shape index (κ2) is 3.69. The molecule has 1 aromatic heterocycles. The summed E-state index contributed by atoms with van der Waals surface area (Å²) in [6.07, 6.45) is 3.23. The molecule has 1 aliphatic rings. The van der Waals surface area contributed by atoms with Crippen LogP contribution in [0.4, 0.5) is 4.39 Å². The van der Waals surface area contributed by atoms with E-state index in [0.717, 1.165) is 25.2 Å². The van der Waals surface area contributed by atoms with E-state index in [4.69, 9.17) is 0 Å². The predicted molar refractivity (Wildman–Crippen MR) is 52.8 cm³/mol. The number of nitrogens with zero attached hydrogens (tertiary/aromatic N) is 2. The number of nitrogens with one attached hydrogen (secondary N) is 1. The first-order valence-corrected chi connectivity index (χ1v) is 5.18. The summed E-state index contributed by atoms with van der Waals surface area (Å²) in [5.74, 6) is 0. The second-order valence-corrected chi connectivity index (χ2v) is 3.83. The van der Waals surface area contributed by atoms with Crippen molar-refractivity contribution in [1.29, 1.82) is 0 Å². The molecule has 0 amide bonds. The van der Waals surface area contributed by atoms with Gasteiger partial charge in [0.15, 0.2) is 5.67 Å². The van der Waals surface area contributed by atoms with Crippen LogP contribution in [0.15, 0.2) is 12.3 Å². The predicted octanol–water partition coefficient (Wildman–Crippen LogP) is 1.45. The van der Waals surface area contributed by atoms with Crippen molar-refractivity contribution in [2.75, 3.05) is 13.1 Å². The third-order valence-electron chi connectivity index (χ3n) is 2.71. The van der Waals surface area contributed by atoms with Crippen LogP contribution in [0.2, 0.25) is 0 Å². The van der Waals surface area contributed by atoms with Gasteiger partial charge in [-0.3, -0.25) is 4.68 Å². The van der Waals surface area contributed by atoms with Gasteiger partial charge >= 0.3 is 0 Å². The summed E-state index contributed by atoms with van der Waals surface area (Å²) in [6.45, 7) is 4.05. The molecule has 1 unspecified atom stereocenters. The molecule has 4 heteroatoms. The Hall–Kier alpha value is -0.900. The number of rotatable bonds is 3. The minimum absolute atomic E-state index is 0.419. The zero-order chi connectivity index (χ0) is 10.0. The van der Waals surface area contributed by atoms with Gasteiger partial charge in [-0.25, -0.2) is 4.39 Å². The summed E-state index contributed by atoms with van der Waals surface area (Å²) in [6, 6.07) is 1.79. The average molecular weight is 197 g/mol. The molecule has 1 aromatic rings. The lowest BCUT2D eigenvalue weighted by atomic mass is 10.0. The van der Waals surface area contributed by atoms with Gasteiger partial charge in [-0.15, -0.1) is 0 Å². The minimum Gasteiger partial charge on any atom is -0.313 e. The average Bonchev–Trinajstić information content (AvgIpc) is 2.75. The Balaban J connectivity index is 2.25. The summed E-state index contributed by atoms with van der Waals surface area (Å²) in [4.78, 5) is 0. The van der Waals surface area contributed by atoms with Crippen molar-refractivity contribution in [3.05, 3.63) is 18.0 Å². The van der Waals surface area contributed by atoms with E-state index < -0.39 is 5.67 Å². The molecule has 0 aromatic carbocycles. The molecule has 0 saturated carbocycles. The number of hydrogen-bond acceptors (Lipinski definition) is 2. The zero-order valence-corrected chi connectivity index (χ0v) is 8.46. The second-order valence-electron chi connectivity index (χ2n) is 3.83. The van der Waals surface area contributed by atoms with E-state index in [2.05, 4.69) is 17.3 Å². The standard InChI is InChI=1S/C10H16FN3/c1-2-7-14-9(3-5-13-14)10(11)4-6-12-8-10/h3,5,12H,2,4,6-8H2,1H3. The largest absolute Gasteiger partial charge is 0.313 e. The van der Waals surface area contributed by atoms with E-state index in [1.165, 1.54) is 0 Å². The SMILES string of the molecule is CCCn1nccc1C1(F)CCNC1. The lowest BCUT2D eigenvalue weighted by Crippen LogP contribution is -2.27. The maximum absolute atomic E-state index is 14.3. The summed E-state index contributed by atoms with van der Waals surface area (Å²) in [7, 11) is 0. The lowest BCUT2D eigenvalue weighted by Gasteiger charge is -2.19. The quantitative estimate of drug-likeness (QED) is 0.794. The molecule has 2 rings (SSSR count). The zero-order valence-electron chi connectivity index (χ0n) is 8.46. The van der Waals surface area contributed by atoms with Gasteiger partial charge < -0.3 is 5.32 Å². The van der Waals surface area contributed by atoms with Crippen LogP contribution >= 0.6 is 0 Å². The molecule has 1 fully saturated rings. The van der Waals surface area contributed by atoms with Gasteiger partial charge in [0.2, 0.25) is 0 Å². The molecule has 14 heavy (non-hydrogen) atoms. The third-order valence-corrected chi connectivity index (χ3v) is 2.71. The van der Waals surface area contributed by atoms with E-state index in [-0.39, 0.29) is 0 Å².